The van der Waals surface area contributed by atoms with Gasteiger partial charge in [0.05, 0.1) is 5.69 Å². The average Bonchev–Trinajstić information content (AvgIpc) is 3.49. The normalized spacial score (nSPS) is 14.8. The Labute approximate surface area is 255 Å². The molecule has 2 heteroatoms. The van der Waals surface area contributed by atoms with Gasteiger partial charge in [-0.25, -0.2) is 0 Å². The monoisotopic (exact) mass is 563 g/mol. The zero-order valence-electron chi connectivity index (χ0n) is 24.2. The van der Waals surface area contributed by atoms with Crippen LogP contribution in [0.2, 0.25) is 0 Å². The van der Waals surface area contributed by atoms with E-state index in [4.69, 9.17) is 4.42 Å². The standard InChI is InChI=1S/C42H29NO/c1-2-12-28(13-3-1)29-14-10-15-30(26-29)43(40-22-11-21-38-37-20-8-9-23-41(37)44-42(38)40)31-24-25-36-34-18-5-4-16-32(34)33-17-6-7-19-35(33)39(36)27-31/h1-12,14-28H,13H2. The van der Waals surface area contributed by atoms with Crippen molar-refractivity contribution in [3.05, 3.63) is 163 Å². The van der Waals surface area contributed by atoms with Gasteiger partial charge >= 0.3 is 0 Å². The number of hydrogen-bond donors (Lipinski definition) is 0. The molecule has 1 heterocycles. The van der Waals surface area contributed by atoms with Gasteiger partial charge in [-0.05, 0) is 80.7 Å². The van der Waals surface area contributed by atoms with E-state index >= 15 is 0 Å². The fraction of sp³-hybridized carbons (Fsp3) is 0.0476. The Morgan fingerprint density at radius 1 is 0.500 bits per heavy atom. The summed E-state index contributed by atoms with van der Waals surface area (Å²) in [6.07, 6.45) is 9.86. The van der Waals surface area contributed by atoms with Crippen LogP contribution >= 0.6 is 0 Å². The first kappa shape index (κ1) is 24.9. The molecule has 0 N–H and O–H groups in total. The molecule has 0 radical (unpaired) electrons. The predicted molar refractivity (Wildman–Crippen MR) is 187 cm³/mol. The molecular formula is C42H29NO. The third-order valence-electron chi connectivity index (χ3n) is 9.15. The van der Waals surface area contributed by atoms with E-state index in [9.17, 15) is 0 Å². The van der Waals surface area contributed by atoms with Crippen molar-refractivity contribution in [3.63, 3.8) is 0 Å². The molecule has 44 heavy (non-hydrogen) atoms. The lowest BCUT2D eigenvalue weighted by molar-refractivity contribution is 0.669. The van der Waals surface area contributed by atoms with Gasteiger partial charge in [-0.2, -0.15) is 0 Å². The highest BCUT2D eigenvalue weighted by molar-refractivity contribution is 6.26. The summed E-state index contributed by atoms with van der Waals surface area (Å²) < 4.78 is 6.61. The molecule has 1 atom stereocenters. The first-order valence-corrected chi connectivity index (χ1v) is 15.3. The van der Waals surface area contributed by atoms with E-state index in [1.165, 1.54) is 37.9 Å². The fourth-order valence-corrected chi connectivity index (χ4v) is 7.09. The van der Waals surface area contributed by atoms with E-state index in [2.05, 4.69) is 157 Å². The quantitative estimate of drug-likeness (QED) is 0.198. The van der Waals surface area contributed by atoms with Crippen LogP contribution in [-0.4, -0.2) is 0 Å². The van der Waals surface area contributed by atoms with Gasteiger partial charge in [-0.1, -0.05) is 121 Å². The number of furan rings is 1. The third-order valence-corrected chi connectivity index (χ3v) is 9.15. The van der Waals surface area contributed by atoms with Gasteiger partial charge in [0.2, 0.25) is 0 Å². The van der Waals surface area contributed by atoms with Gasteiger partial charge in [0.15, 0.2) is 5.58 Å². The van der Waals surface area contributed by atoms with Crippen LogP contribution < -0.4 is 4.90 Å². The molecule has 0 amide bonds. The van der Waals surface area contributed by atoms with E-state index < -0.39 is 0 Å². The van der Waals surface area contributed by atoms with Crippen LogP contribution in [0.5, 0.6) is 0 Å². The van der Waals surface area contributed by atoms with Gasteiger partial charge < -0.3 is 9.32 Å². The zero-order valence-corrected chi connectivity index (χ0v) is 24.2. The number of benzene rings is 7. The molecule has 0 spiro atoms. The molecule has 1 aliphatic rings. The van der Waals surface area contributed by atoms with Crippen LogP contribution in [0.15, 0.2) is 162 Å². The summed E-state index contributed by atoms with van der Waals surface area (Å²) in [6.45, 7) is 0. The van der Waals surface area contributed by atoms with E-state index in [1.54, 1.807) is 0 Å². The second-order valence-corrected chi connectivity index (χ2v) is 11.7. The van der Waals surface area contributed by atoms with Crippen molar-refractivity contribution in [2.45, 2.75) is 12.3 Å². The minimum Gasteiger partial charge on any atom is -0.454 e. The van der Waals surface area contributed by atoms with Crippen LogP contribution in [-0.2, 0) is 0 Å². The second-order valence-electron chi connectivity index (χ2n) is 11.7. The molecule has 0 aliphatic heterocycles. The van der Waals surface area contributed by atoms with Crippen molar-refractivity contribution in [1.82, 2.24) is 0 Å². The largest absolute Gasteiger partial charge is 0.454 e. The maximum atomic E-state index is 6.61. The molecule has 0 saturated heterocycles. The predicted octanol–water partition coefficient (Wildman–Crippen LogP) is 12.1. The Hall–Kier alpha value is -5.60. The topological polar surface area (TPSA) is 16.4 Å². The van der Waals surface area contributed by atoms with Crippen molar-refractivity contribution in [2.75, 3.05) is 4.90 Å². The van der Waals surface area contributed by atoms with Gasteiger partial charge in [-0.15, -0.1) is 0 Å². The molecular weight excluding hydrogens is 534 g/mol. The van der Waals surface area contributed by atoms with E-state index in [1.807, 2.05) is 6.07 Å². The summed E-state index contributed by atoms with van der Waals surface area (Å²) in [5.41, 5.74) is 6.34. The van der Waals surface area contributed by atoms with Crippen molar-refractivity contribution in [2.24, 2.45) is 0 Å². The minimum absolute atomic E-state index is 0.357. The molecule has 1 aromatic heterocycles. The fourth-order valence-electron chi connectivity index (χ4n) is 7.09. The molecule has 8 aromatic rings. The van der Waals surface area contributed by atoms with Gasteiger partial charge in [0.1, 0.15) is 5.58 Å². The van der Waals surface area contributed by atoms with Crippen molar-refractivity contribution >= 4 is 71.3 Å². The van der Waals surface area contributed by atoms with Crippen molar-refractivity contribution < 1.29 is 4.42 Å². The van der Waals surface area contributed by atoms with E-state index in [0.29, 0.717) is 5.92 Å². The first-order valence-electron chi connectivity index (χ1n) is 15.3. The average molecular weight is 564 g/mol. The first-order chi connectivity index (χ1) is 21.8. The van der Waals surface area contributed by atoms with E-state index in [-0.39, 0.29) is 0 Å². The van der Waals surface area contributed by atoms with Crippen LogP contribution in [0.25, 0.3) is 54.3 Å². The van der Waals surface area contributed by atoms with E-state index in [0.717, 1.165) is 45.4 Å². The van der Waals surface area contributed by atoms with Crippen molar-refractivity contribution in [3.8, 4) is 0 Å². The Kier molecular flexibility index (Phi) is 5.67. The zero-order chi connectivity index (χ0) is 29.0. The SMILES string of the molecule is C1=CCC(c2cccc(N(c3ccc4c5ccccc5c5ccccc5c4c3)c3cccc4c3oc3ccccc34)c2)C=C1. The Bertz CT molecular complexity index is 2410. The Balaban J connectivity index is 1.33. The highest BCUT2D eigenvalue weighted by atomic mass is 16.3. The molecule has 1 aliphatic carbocycles. The Morgan fingerprint density at radius 3 is 1.89 bits per heavy atom. The summed E-state index contributed by atoms with van der Waals surface area (Å²) in [5.74, 6) is 0.357. The minimum atomic E-state index is 0.357. The number of para-hydroxylation sites is 2. The van der Waals surface area contributed by atoms with Crippen molar-refractivity contribution in [1.29, 1.82) is 0 Å². The van der Waals surface area contributed by atoms with Crippen LogP contribution in [0, 0.1) is 0 Å². The van der Waals surface area contributed by atoms with Crippen LogP contribution in [0.3, 0.4) is 0 Å². The highest BCUT2D eigenvalue weighted by Crippen LogP contribution is 2.45. The van der Waals surface area contributed by atoms with Crippen LogP contribution in [0.4, 0.5) is 17.1 Å². The van der Waals surface area contributed by atoms with Gasteiger partial charge in [0, 0.05) is 28.1 Å². The summed E-state index contributed by atoms with van der Waals surface area (Å²) >= 11 is 0. The molecule has 2 nitrogen and oxygen atoms in total. The smallest absolute Gasteiger partial charge is 0.159 e. The number of anilines is 3. The molecule has 7 aromatic carbocycles. The number of allylic oxidation sites excluding steroid dienone is 4. The maximum absolute atomic E-state index is 6.61. The summed E-state index contributed by atoms with van der Waals surface area (Å²) in [5, 5.41) is 9.86. The molecule has 0 bridgehead atoms. The third kappa shape index (κ3) is 3.88. The van der Waals surface area contributed by atoms with Gasteiger partial charge in [-0.3, -0.25) is 0 Å². The lowest BCUT2D eigenvalue weighted by Gasteiger charge is -2.27. The van der Waals surface area contributed by atoms with Gasteiger partial charge in [0.25, 0.3) is 0 Å². The Morgan fingerprint density at radius 2 is 1.14 bits per heavy atom. The molecule has 0 saturated carbocycles. The second kappa shape index (κ2) is 10.00. The molecule has 0 fully saturated rings. The summed E-state index contributed by atoms with van der Waals surface area (Å²) in [4.78, 5) is 2.37. The molecule has 9 rings (SSSR count). The molecule has 208 valence electrons. The number of nitrogens with zero attached hydrogens (tertiary/aromatic N) is 1. The number of rotatable bonds is 4. The lowest BCUT2D eigenvalue weighted by Crippen LogP contribution is -2.11. The lowest BCUT2D eigenvalue weighted by atomic mass is 9.92. The molecule has 1 unspecified atom stereocenters. The number of fused-ring (bicyclic) bond motifs is 9. The maximum Gasteiger partial charge on any atom is 0.159 e. The summed E-state index contributed by atoms with van der Waals surface area (Å²) in [6, 6.07) is 48.3. The van der Waals surface area contributed by atoms with Crippen LogP contribution in [0.1, 0.15) is 17.9 Å². The summed E-state index contributed by atoms with van der Waals surface area (Å²) in [7, 11) is 0. The highest BCUT2D eigenvalue weighted by Gasteiger charge is 2.21. The number of hydrogen-bond acceptors (Lipinski definition) is 2.